The van der Waals surface area contributed by atoms with Crippen LogP contribution in [0.15, 0.2) is 91.5 Å². The maximum atomic E-state index is 16.0. The molecular weight excluding hydrogens is 758 g/mol. The van der Waals surface area contributed by atoms with Crippen molar-refractivity contribution in [1.82, 2.24) is 30.0 Å². The van der Waals surface area contributed by atoms with Crippen LogP contribution in [0.5, 0.6) is 0 Å². The van der Waals surface area contributed by atoms with Crippen molar-refractivity contribution in [2.75, 3.05) is 66.1 Å². The summed E-state index contributed by atoms with van der Waals surface area (Å²) >= 11 is 0. The van der Waals surface area contributed by atoms with Gasteiger partial charge >= 0.3 is 0 Å². The summed E-state index contributed by atoms with van der Waals surface area (Å²) < 4.78 is 45.1. The van der Waals surface area contributed by atoms with Crippen LogP contribution in [0.4, 0.5) is 21.6 Å². The van der Waals surface area contributed by atoms with E-state index in [4.69, 9.17) is 5.10 Å². The third-order valence-electron chi connectivity index (χ3n) is 11.4. The molecular formula is C43H48FN9O4S. The summed E-state index contributed by atoms with van der Waals surface area (Å²) in [6.07, 6.45) is 10.4. The zero-order valence-electron chi connectivity index (χ0n) is 32.6. The van der Waals surface area contributed by atoms with Crippen LogP contribution in [0.2, 0.25) is 0 Å². The summed E-state index contributed by atoms with van der Waals surface area (Å²) in [5.74, 6) is 0.0383. The number of rotatable bonds is 12. The first-order valence-corrected chi connectivity index (χ1v) is 21.7. The van der Waals surface area contributed by atoms with Gasteiger partial charge in [-0.25, -0.2) is 22.5 Å². The van der Waals surface area contributed by atoms with Gasteiger partial charge in [0.2, 0.25) is 21.8 Å². The molecule has 0 saturated carbocycles. The predicted molar refractivity (Wildman–Crippen MR) is 223 cm³/mol. The average Bonchev–Trinajstić information content (AvgIpc) is 3.68. The third-order valence-corrected chi connectivity index (χ3v) is 12.9. The Hall–Kier alpha value is -5.67. The summed E-state index contributed by atoms with van der Waals surface area (Å²) in [4.78, 5) is 39.9. The summed E-state index contributed by atoms with van der Waals surface area (Å²) in [6.45, 7) is 8.58. The monoisotopic (exact) mass is 805 g/mol. The van der Waals surface area contributed by atoms with Crippen molar-refractivity contribution in [3.05, 3.63) is 103 Å². The molecule has 0 spiro atoms. The van der Waals surface area contributed by atoms with E-state index in [1.807, 2.05) is 36.4 Å². The number of nitrogens with zero attached hydrogens (tertiary/aromatic N) is 7. The lowest BCUT2D eigenvalue weighted by atomic mass is 9.91. The predicted octanol–water partition coefficient (Wildman–Crippen LogP) is 5.85. The lowest BCUT2D eigenvalue weighted by Crippen LogP contribution is -2.49. The normalized spacial score (nSPS) is 18.3. The lowest BCUT2D eigenvalue weighted by Gasteiger charge is -2.40. The number of piperazine rings is 1. The van der Waals surface area contributed by atoms with Gasteiger partial charge in [-0.2, -0.15) is 5.10 Å². The molecule has 3 aliphatic rings. The van der Waals surface area contributed by atoms with Gasteiger partial charge in [0, 0.05) is 99.4 Å². The molecule has 3 fully saturated rings. The number of piperidine rings is 2. The smallest absolute Gasteiger partial charge is 0.234 e. The van der Waals surface area contributed by atoms with Crippen LogP contribution in [-0.4, -0.2) is 96.4 Å². The van der Waals surface area contributed by atoms with E-state index in [-0.39, 0.29) is 34.7 Å². The third kappa shape index (κ3) is 8.75. The number of anilines is 3. The minimum Gasteiger partial charge on any atom is -0.369 e. The maximum Gasteiger partial charge on any atom is 0.234 e. The SMILES string of the molecule is CCCS(=O)(=O)Nc1cccc(-c2cn(-c3ccc(N4CCN(CC5CCN(c6ccc([C@@H]7CCC(=O)NC7=O)cn6)CC5)CC4)cc3)nc2-c2ccncc2)c1F. The molecule has 5 aromatic rings. The highest BCUT2D eigenvalue weighted by molar-refractivity contribution is 7.92. The van der Waals surface area contributed by atoms with Gasteiger partial charge in [-0.3, -0.25) is 29.5 Å². The molecule has 13 nitrogen and oxygen atoms in total. The van der Waals surface area contributed by atoms with Crippen LogP contribution in [0.1, 0.15) is 50.5 Å². The number of aromatic nitrogens is 4. The van der Waals surface area contributed by atoms with Gasteiger partial charge in [-0.05, 0) is 85.7 Å². The number of hydrogen-bond acceptors (Lipinski definition) is 10. The maximum absolute atomic E-state index is 16.0. The molecule has 6 heterocycles. The number of hydrogen-bond donors (Lipinski definition) is 2. The van der Waals surface area contributed by atoms with Crippen LogP contribution in [0.3, 0.4) is 0 Å². The van der Waals surface area contributed by atoms with Gasteiger partial charge in [-0.1, -0.05) is 25.1 Å². The summed E-state index contributed by atoms with van der Waals surface area (Å²) in [6, 6.07) is 20.6. The van der Waals surface area contributed by atoms with E-state index in [0.717, 1.165) is 87.0 Å². The van der Waals surface area contributed by atoms with E-state index < -0.39 is 15.8 Å². The molecule has 58 heavy (non-hydrogen) atoms. The van der Waals surface area contributed by atoms with Crippen LogP contribution in [-0.2, 0) is 19.6 Å². The molecule has 3 aliphatic heterocycles. The van der Waals surface area contributed by atoms with Crippen molar-refractivity contribution in [3.63, 3.8) is 0 Å². The highest BCUT2D eigenvalue weighted by Crippen LogP contribution is 2.36. The molecule has 1 atom stereocenters. The number of halogens is 1. The number of benzene rings is 2. The van der Waals surface area contributed by atoms with E-state index in [1.54, 1.807) is 48.5 Å². The highest BCUT2D eigenvalue weighted by Gasteiger charge is 2.29. The van der Waals surface area contributed by atoms with Crippen LogP contribution in [0, 0.1) is 11.7 Å². The van der Waals surface area contributed by atoms with Crippen molar-refractivity contribution in [2.45, 2.75) is 44.9 Å². The summed E-state index contributed by atoms with van der Waals surface area (Å²) in [5.41, 5.74) is 4.79. The average molecular weight is 806 g/mol. The Morgan fingerprint density at radius 2 is 1.59 bits per heavy atom. The van der Waals surface area contributed by atoms with Crippen molar-refractivity contribution in [3.8, 4) is 28.1 Å². The highest BCUT2D eigenvalue weighted by atomic mass is 32.2. The summed E-state index contributed by atoms with van der Waals surface area (Å²) in [7, 11) is -3.69. The lowest BCUT2D eigenvalue weighted by molar-refractivity contribution is -0.134. The Kier molecular flexibility index (Phi) is 11.5. The Morgan fingerprint density at radius 1 is 0.845 bits per heavy atom. The zero-order valence-corrected chi connectivity index (χ0v) is 33.4. The van der Waals surface area contributed by atoms with Gasteiger partial charge < -0.3 is 9.80 Å². The first-order chi connectivity index (χ1) is 28.1. The van der Waals surface area contributed by atoms with E-state index in [9.17, 15) is 18.0 Å². The first-order valence-electron chi connectivity index (χ1n) is 20.1. The first kappa shape index (κ1) is 39.2. The van der Waals surface area contributed by atoms with Gasteiger partial charge in [-0.15, -0.1) is 0 Å². The fourth-order valence-corrected chi connectivity index (χ4v) is 9.38. The molecule has 0 radical (unpaired) electrons. The molecule has 15 heteroatoms. The van der Waals surface area contributed by atoms with E-state index >= 15 is 4.39 Å². The molecule has 0 bridgehead atoms. The number of imide groups is 1. The molecule has 2 aromatic carbocycles. The molecule has 0 unspecified atom stereocenters. The van der Waals surface area contributed by atoms with Crippen molar-refractivity contribution < 1.29 is 22.4 Å². The molecule has 0 aliphatic carbocycles. The molecule has 8 rings (SSSR count). The number of carbonyl (C=O) groups excluding carboxylic acids is 2. The number of nitrogens with one attached hydrogen (secondary N) is 2. The van der Waals surface area contributed by atoms with Crippen molar-refractivity contribution in [2.24, 2.45) is 5.92 Å². The quantitative estimate of drug-likeness (QED) is 0.148. The number of carbonyl (C=O) groups is 2. The second-order valence-corrected chi connectivity index (χ2v) is 17.2. The van der Waals surface area contributed by atoms with Gasteiger partial charge in [0.15, 0.2) is 5.82 Å². The van der Waals surface area contributed by atoms with Crippen molar-refractivity contribution >= 4 is 39.0 Å². The topological polar surface area (TPSA) is 146 Å². The van der Waals surface area contributed by atoms with Crippen LogP contribution in [0.25, 0.3) is 28.1 Å². The Bertz CT molecular complexity index is 2340. The Labute approximate surface area is 338 Å². The van der Waals surface area contributed by atoms with Crippen LogP contribution < -0.4 is 19.8 Å². The second-order valence-electron chi connectivity index (χ2n) is 15.3. The number of amides is 2. The number of pyridine rings is 2. The summed E-state index contributed by atoms with van der Waals surface area (Å²) in [5, 5.41) is 7.32. The number of sulfonamides is 1. The zero-order chi connectivity index (χ0) is 40.2. The van der Waals surface area contributed by atoms with E-state index in [2.05, 4.69) is 46.8 Å². The largest absolute Gasteiger partial charge is 0.369 e. The fraction of sp³-hybridized carbons (Fsp3) is 0.372. The van der Waals surface area contributed by atoms with Crippen molar-refractivity contribution in [1.29, 1.82) is 0 Å². The molecule has 3 aromatic heterocycles. The van der Waals surface area contributed by atoms with Gasteiger partial charge in [0.25, 0.3) is 0 Å². The Morgan fingerprint density at radius 3 is 2.28 bits per heavy atom. The van der Waals surface area contributed by atoms with Crippen LogP contribution >= 0.6 is 0 Å². The molecule has 3 saturated heterocycles. The molecule has 302 valence electrons. The molecule has 2 N–H and O–H groups in total. The van der Waals surface area contributed by atoms with E-state index in [0.29, 0.717) is 36.4 Å². The molecule has 2 amide bonds. The fourth-order valence-electron chi connectivity index (χ4n) is 8.25. The van der Waals surface area contributed by atoms with Gasteiger partial charge in [0.1, 0.15) is 11.5 Å². The second kappa shape index (κ2) is 17.0. The standard InChI is InChI=1S/C43H48FN9O4S/c1-2-26-58(56,57)49-38-5-3-4-36(41(38)44)37-29-53(48-42(37)31-14-18-45-19-15-31)34-9-7-33(8-10-34)51-24-22-50(23-25-51)28-30-16-20-52(21-17-30)39-12-6-32(27-46-39)35-11-13-40(54)47-43(35)55/h3-10,12,14-15,18-19,27,29-30,35,49H,2,11,13,16-17,20-26,28H2,1H3,(H,47,54,55)/t35-/m0/s1. The van der Waals surface area contributed by atoms with Gasteiger partial charge in [0.05, 0.1) is 23.0 Å². The minimum atomic E-state index is -3.69. The minimum absolute atomic E-state index is 0.0977. The Balaban J connectivity index is 0.873. The van der Waals surface area contributed by atoms with E-state index in [1.165, 1.54) is 6.07 Å².